The number of fused-ring (bicyclic) bond motifs is 1. The molecule has 3 heteroatoms. The van der Waals surface area contributed by atoms with Crippen LogP contribution in [0.5, 0.6) is 0 Å². The third-order valence-corrected chi connectivity index (χ3v) is 1.82. The molecule has 0 aliphatic heterocycles. The number of hydrogen-bond acceptors (Lipinski definition) is 2. The van der Waals surface area contributed by atoms with Gasteiger partial charge in [0.25, 0.3) is 0 Å². The van der Waals surface area contributed by atoms with E-state index in [0.717, 1.165) is 10.8 Å². The highest BCUT2D eigenvalue weighted by Crippen LogP contribution is 2.16. The quantitative estimate of drug-likeness (QED) is 0.592. The smallest absolute Gasteiger partial charge is 0.126 e. The fourth-order valence-electron chi connectivity index (χ4n) is 1.13. The molecule has 60 valence electrons. The van der Waals surface area contributed by atoms with E-state index in [1.807, 2.05) is 0 Å². The highest BCUT2D eigenvalue weighted by molar-refractivity contribution is 5.81. The largest absolute Gasteiger partial charge is 0.207 e. The Morgan fingerprint density at radius 3 is 2.33 bits per heavy atom. The SMILES string of the molecule is Cc1cc2cnncc2cc1F. The molecule has 0 unspecified atom stereocenters. The van der Waals surface area contributed by atoms with Gasteiger partial charge in [0, 0.05) is 10.8 Å². The molecule has 1 heterocycles. The molecule has 0 amide bonds. The fourth-order valence-corrected chi connectivity index (χ4v) is 1.13. The zero-order valence-corrected chi connectivity index (χ0v) is 6.58. The molecule has 0 aliphatic carbocycles. The summed E-state index contributed by atoms with van der Waals surface area (Å²) in [7, 11) is 0. The van der Waals surface area contributed by atoms with Crippen molar-refractivity contribution in [3.05, 3.63) is 35.9 Å². The average Bonchev–Trinajstić information content (AvgIpc) is 2.07. The van der Waals surface area contributed by atoms with Crippen molar-refractivity contribution in [3.63, 3.8) is 0 Å². The van der Waals surface area contributed by atoms with Crippen LogP contribution in [0.3, 0.4) is 0 Å². The second-order valence-corrected chi connectivity index (χ2v) is 2.72. The van der Waals surface area contributed by atoms with E-state index in [9.17, 15) is 4.39 Å². The highest BCUT2D eigenvalue weighted by Gasteiger charge is 1.99. The van der Waals surface area contributed by atoms with Gasteiger partial charge in [-0.05, 0) is 24.6 Å². The third-order valence-electron chi connectivity index (χ3n) is 1.82. The van der Waals surface area contributed by atoms with Gasteiger partial charge in [0.05, 0.1) is 12.4 Å². The van der Waals surface area contributed by atoms with E-state index in [2.05, 4.69) is 10.2 Å². The fraction of sp³-hybridized carbons (Fsp3) is 0.111. The molecule has 2 nitrogen and oxygen atoms in total. The van der Waals surface area contributed by atoms with E-state index in [1.54, 1.807) is 25.4 Å². The Kier molecular flexibility index (Phi) is 1.50. The van der Waals surface area contributed by atoms with Crippen molar-refractivity contribution in [1.29, 1.82) is 0 Å². The first kappa shape index (κ1) is 7.16. The molecule has 1 aromatic heterocycles. The second-order valence-electron chi connectivity index (χ2n) is 2.72. The maximum atomic E-state index is 13.0. The molecular formula is C9H7FN2. The first-order chi connectivity index (χ1) is 5.77. The number of nitrogens with zero attached hydrogens (tertiary/aromatic N) is 2. The Hall–Kier alpha value is -1.51. The van der Waals surface area contributed by atoms with Gasteiger partial charge in [0.2, 0.25) is 0 Å². The molecule has 0 spiro atoms. The Morgan fingerprint density at radius 1 is 1.08 bits per heavy atom. The van der Waals surface area contributed by atoms with Crippen LogP contribution in [0, 0.1) is 12.7 Å². The van der Waals surface area contributed by atoms with E-state index in [1.165, 1.54) is 6.07 Å². The lowest BCUT2D eigenvalue weighted by molar-refractivity contribution is 0.620. The summed E-state index contributed by atoms with van der Waals surface area (Å²) in [5.74, 6) is -0.199. The summed E-state index contributed by atoms with van der Waals surface area (Å²) in [5, 5.41) is 9.08. The maximum Gasteiger partial charge on any atom is 0.126 e. The number of benzene rings is 1. The molecule has 0 fully saturated rings. The molecule has 0 saturated heterocycles. The van der Waals surface area contributed by atoms with Crippen molar-refractivity contribution < 1.29 is 4.39 Å². The van der Waals surface area contributed by atoms with Crippen LogP contribution in [0.2, 0.25) is 0 Å². The Balaban J connectivity index is 2.84. The number of halogens is 1. The van der Waals surface area contributed by atoms with Gasteiger partial charge in [0.15, 0.2) is 0 Å². The topological polar surface area (TPSA) is 25.8 Å². The summed E-state index contributed by atoms with van der Waals surface area (Å²) in [6, 6.07) is 3.23. The average molecular weight is 162 g/mol. The zero-order chi connectivity index (χ0) is 8.55. The van der Waals surface area contributed by atoms with Crippen LogP contribution >= 0.6 is 0 Å². The van der Waals surface area contributed by atoms with Crippen LogP contribution in [0.15, 0.2) is 24.5 Å². The van der Waals surface area contributed by atoms with Crippen LogP contribution in [0.25, 0.3) is 10.8 Å². The van der Waals surface area contributed by atoms with E-state index in [-0.39, 0.29) is 5.82 Å². The Morgan fingerprint density at radius 2 is 1.67 bits per heavy atom. The van der Waals surface area contributed by atoms with Crippen LogP contribution in [-0.4, -0.2) is 10.2 Å². The van der Waals surface area contributed by atoms with Gasteiger partial charge in [-0.1, -0.05) is 0 Å². The number of aryl methyl sites for hydroxylation is 1. The van der Waals surface area contributed by atoms with E-state index in [0.29, 0.717) is 5.56 Å². The van der Waals surface area contributed by atoms with Crippen LogP contribution in [-0.2, 0) is 0 Å². The minimum Gasteiger partial charge on any atom is -0.207 e. The molecule has 2 rings (SSSR count). The summed E-state index contributed by atoms with van der Waals surface area (Å²) in [6.45, 7) is 1.73. The molecule has 2 aromatic rings. The molecule has 0 atom stereocenters. The van der Waals surface area contributed by atoms with Crippen molar-refractivity contribution >= 4 is 10.8 Å². The maximum absolute atomic E-state index is 13.0. The summed E-state index contributed by atoms with van der Waals surface area (Å²) >= 11 is 0. The Labute approximate surface area is 69.1 Å². The zero-order valence-electron chi connectivity index (χ0n) is 6.58. The minimum atomic E-state index is -0.199. The molecule has 0 N–H and O–H groups in total. The van der Waals surface area contributed by atoms with Crippen molar-refractivity contribution in [2.75, 3.05) is 0 Å². The van der Waals surface area contributed by atoms with E-state index < -0.39 is 0 Å². The highest BCUT2D eigenvalue weighted by atomic mass is 19.1. The second kappa shape index (κ2) is 2.52. The summed E-state index contributed by atoms with van der Waals surface area (Å²) in [4.78, 5) is 0. The predicted molar refractivity (Wildman–Crippen MR) is 44.2 cm³/mol. The molecule has 1 aromatic carbocycles. The third kappa shape index (κ3) is 1.03. The molecule has 12 heavy (non-hydrogen) atoms. The summed E-state index contributed by atoms with van der Waals surface area (Å²) in [6.07, 6.45) is 3.18. The van der Waals surface area contributed by atoms with Gasteiger partial charge in [-0.25, -0.2) is 4.39 Å². The van der Waals surface area contributed by atoms with Crippen molar-refractivity contribution in [1.82, 2.24) is 10.2 Å². The first-order valence-corrected chi connectivity index (χ1v) is 3.64. The minimum absolute atomic E-state index is 0.199. The van der Waals surface area contributed by atoms with Gasteiger partial charge in [0.1, 0.15) is 5.82 Å². The van der Waals surface area contributed by atoms with Gasteiger partial charge < -0.3 is 0 Å². The van der Waals surface area contributed by atoms with Gasteiger partial charge in [-0.2, -0.15) is 10.2 Å². The first-order valence-electron chi connectivity index (χ1n) is 3.64. The lowest BCUT2D eigenvalue weighted by atomic mass is 10.1. The van der Waals surface area contributed by atoms with E-state index in [4.69, 9.17) is 0 Å². The molecular weight excluding hydrogens is 155 g/mol. The van der Waals surface area contributed by atoms with Crippen molar-refractivity contribution in [2.45, 2.75) is 6.92 Å². The number of aromatic nitrogens is 2. The van der Waals surface area contributed by atoms with E-state index >= 15 is 0 Å². The molecule has 0 radical (unpaired) electrons. The van der Waals surface area contributed by atoms with Gasteiger partial charge in [-0.15, -0.1) is 0 Å². The lowest BCUT2D eigenvalue weighted by Crippen LogP contribution is -1.85. The van der Waals surface area contributed by atoms with Gasteiger partial charge in [-0.3, -0.25) is 0 Å². The van der Waals surface area contributed by atoms with Crippen LogP contribution in [0.4, 0.5) is 4.39 Å². The standard InChI is InChI=1S/C9H7FN2/c1-6-2-7-4-11-12-5-8(7)3-9(6)10/h2-5H,1H3. The summed E-state index contributed by atoms with van der Waals surface area (Å²) in [5.41, 5.74) is 0.635. The van der Waals surface area contributed by atoms with Crippen molar-refractivity contribution in [3.8, 4) is 0 Å². The number of rotatable bonds is 0. The normalized spacial score (nSPS) is 10.5. The summed E-state index contributed by atoms with van der Waals surface area (Å²) < 4.78 is 13.0. The lowest BCUT2D eigenvalue weighted by Gasteiger charge is -1.98. The Bertz CT molecular complexity index is 385. The van der Waals surface area contributed by atoms with Crippen LogP contribution < -0.4 is 0 Å². The van der Waals surface area contributed by atoms with Crippen molar-refractivity contribution in [2.24, 2.45) is 0 Å². The van der Waals surface area contributed by atoms with Gasteiger partial charge >= 0.3 is 0 Å². The number of hydrogen-bond donors (Lipinski definition) is 0. The predicted octanol–water partition coefficient (Wildman–Crippen LogP) is 2.08. The molecule has 0 saturated carbocycles. The monoisotopic (exact) mass is 162 g/mol. The molecule has 0 bridgehead atoms. The van der Waals surface area contributed by atoms with Crippen LogP contribution in [0.1, 0.15) is 5.56 Å². The molecule has 0 aliphatic rings.